The van der Waals surface area contributed by atoms with Crippen LogP contribution >= 0.6 is 0 Å². The Balaban J connectivity index is 1.91. The van der Waals surface area contributed by atoms with E-state index in [0.29, 0.717) is 29.6 Å². The summed E-state index contributed by atoms with van der Waals surface area (Å²) in [7, 11) is 0.607. The van der Waals surface area contributed by atoms with Gasteiger partial charge >= 0.3 is 0 Å². The maximum absolute atomic E-state index is 11.9. The molecule has 1 amide bonds. The van der Waals surface area contributed by atoms with E-state index in [-0.39, 0.29) is 5.91 Å². The summed E-state index contributed by atoms with van der Waals surface area (Å²) in [5.41, 5.74) is 1.58. The lowest BCUT2D eigenvalue weighted by molar-refractivity contribution is -0.111. The van der Waals surface area contributed by atoms with E-state index in [2.05, 4.69) is 5.32 Å². The molecule has 122 valence electrons. The highest BCUT2D eigenvalue weighted by atomic mass is 32.2. The van der Waals surface area contributed by atoms with Gasteiger partial charge in [-0.05, 0) is 35.9 Å². The van der Waals surface area contributed by atoms with Crippen LogP contribution < -0.4 is 5.32 Å². The van der Waals surface area contributed by atoms with E-state index in [9.17, 15) is 9.00 Å². The molecular weight excluding hydrogens is 314 g/mol. The Morgan fingerprint density at radius 1 is 1.35 bits per heavy atom. The van der Waals surface area contributed by atoms with Crippen molar-refractivity contribution < 1.29 is 18.2 Å². The largest absolute Gasteiger partial charge is 0.465 e. The Labute approximate surface area is 137 Å². The Kier molecular flexibility index (Phi) is 6.77. The average Bonchev–Trinajstić information content (AvgIpc) is 3.05. The van der Waals surface area contributed by atoms with Gasteiger partial charge in [-0.25, -0.2) is 0 Å². The molecule has 0 bridgehead atoms. The van der Waals surface area contributed by atoms with Crippen LogP contribution in [0.2, 0.25) is 0 Å². The highest BCUT2D eigenvalue weighted by molar-refractivity contribution is 7.84. The molecule has 1 unspecified atom stereocenters. The summed E-state index contributed by atoms with van der Waals surface area (Å²) in [6, 6.07) is 10.8. The molecule has 0 aliphatic heterocycles. The second-order valence-corrected chi connectivity index (χ2v) is 6.40. The maximum atomic E-state index is 11.9. The molecule has 2 rings (SSSR count). The number of anilines is 1. The van der Waals surface area contributed by atoms with Crippen molar-refractivity contribution in [1.82, 2.24) is 0 Å². The molecular formula is C17H19NO4S. The highest BCUT2D eigenvalue weighted by Crippen LogP contribution is 2.13. The van der Waals surface area contributed by atoms with Crippen molar-refractivity contribution in [1.29, 1.82) is 0 Å². The number of carbonyl (C=O) groups excluding carboxylic acids is 1. The van der Waals surface area contributed by atoms with Gasteiger partial charge in [-0.2, -0.15) is 0 Å². The second-order valence-electron chi connectivity index (χ2n) is 4.82. The summed E-state index contributed by atoms with van der Waals surface area (Å²) in [4.78, 5) is 11.9. The minimum absolute atomic E-state index is 0.251. The van der Waals surface area contributed by atoms with Crippen molar-refractivity contribution in [3.63, 3.8) is 0 Å². The molecule has 0 radical (unpaired) electrons. The number of carbonyl (C=O) groups is 1. The number of rotatable bonds is 8. The van der Waals surface area contributed by atoms with Crippen molar-refractivity contribution in [2.75, 3.05) is 24.8 Å². The summed E-state index contributed by atoms with van der Waals surface area (Å²) in [5.74, 6) is 1.30. The van der Waals surface area contributed by atoms with Gasteiger partial charge in [-0.1, -0.05) is 12.1 Å². The standard InChI is InChI=1S/C17H19NO4S/c1-21-10-11-23(20)13-14-4-2-5-15(12-14)18-17(19)8-7-16-6-3-9-22-16/h2-9,12H,10-11,13H2,1H3,(H,18,19). The van der Waals surface area contributed by atoms with Crippen LogP contribution in [-0.2, 0) is 26.1 Å². The van der Waals surface area contributed by atoms with Gasteiger partial charge < -0.3 is 14.5 Å². The Hall–Kier alpha value is -2.18. The zero-order chi connectivity index (χ0) is 16.5. The molecule has 0 saturated carbocycles. The number of furan rings is 1. The lowest BCUT2D eigenvalue weighted by atomic mass is 10.2. The minimum Gasteiger partial charge on any atom is -0.465 e. The van der Waals surface area contributed by atoms with Gasteiger partial charge in [0.1, 0.15) is 5.76 Å². The molecule has 0 aliphatic carbocycles. The summed E-state index contributed by atoms with van der Waals surface area (Å²) >= 11 is 0. The molecule has 0 aliphatic rings. The zero-order valence-corrected chi connectivity index (χ0v) is 13.7. The molecule has 6 heteroatoms. The van der Waals surface area contributed by atoms with Gasteiger partial charge in [-0.15, -0.1) is 0 Å². The molecule has 0 fully saturated rings. The summed E-state index contributed by atoms with van der Waals surface area (Å²) < 4.78 is 21.9. The van der Waals surface area contributed by atoms with Crippen molar-refractivity contribution in [2.24, 2.45) is 0 Å². The minimum atomic E-state index is -0.980. The van der Waals surface area contributed by atoms with Crippen LogP contribution in [0.3, 0.4) is 0 Å². The lowest BCUT2D eigenvalue weighted by Gasteiger charge is -2.06. The first-order valence-electron chi connectivity index (χ1n) is 7.13. The predicted molar refractivity (Wildman–Crippen MR) is 91.4 cm³/mol. The number of ether oxygens (including phenoxy) is 1. The maximum Gasteiger partial charge on any atom is 0.248 e. The number of hydrogen-bond donors (Lipinski definition) is 1. The predicted octanol–water partition coefficient (Wildman–Crippen LogP) is 2.83. The number of nitrogens with one attached hydrogen (secondary N) is 1. The topological polar surface area (TPSA) is 68.5 Å². The molecule has 23 heavy (non-hydrogen) atoms. The fraction of sp³-hybridized carbons (Fsp3) is 0.235. The third kappa shape index (κ3) is 6.22. The first-order valence-corrected chi connectivity index (χ1v) is 8.61. The molecule has 1 aromatic carbocycles. The van der Waals surface area contributed by atoms with Gasteiger partial charge in [-0.3, -0.25) is 9.00 Å². The van der Waals surface area contributed by atoms with Gasteiger partial charge in [0.25, 0.3) is 0 Å². The van der Waals surface area contributed by atoms with Crippen LogP contribution in [0, 0.1) is 0 Å². The molecule has 1 N–H and O–H groups in total. The van der Waals surface area contributed by atoms with Crippen molar-refractivity contribution in [3.8, 4) is 0 Å². The third-order valence-electron chi connectivity index (χ3n) is 2.98. The van der Waals surface area contributed by atoms with Crippen molar-refractivity contribution in [2.45, 2.75) is 5.75 Å². The Morgan fingerprint density at radius 3 is 2.96 bits per heavy atom. The zero-order valence-electron chi connectivity index (χ0n) is 12.9. The molecule has 1 atom stereocenters. The summed E-state index contributed by atoms with van der Waals surface area (Å²) in [5, 5.41) is 2.77. The van der Waals surface area contributed by atoms with E-state index in [1.165, 1.54) is 6.08 Å². The van der Waals surface area contributed by atoms with E-state index in [4.69, 9.17) is 9.15 Å². The first kappa shape index (κ1) is 17.2. The Morgan fingerprint density at radius 2 is 2.22 bits per heavy atom. The van der Waals surface area contributed by atoms with Gasteiger partial charge in [0.2, 0.25) is 5.91 Å². The first-order chi connectivity index (χ1) is 11.2. The number of hydrogen-bond acceptors (Lipinski definition) is 4. The summed E-state index contributed by atoms with van der Waals surface area (Å²) in [6.45, 7) is 0.473. The van der Waals surface area contributed by atoms with Crippen molar-refractivity contribution in [3.05, 3.63) is 60.1 Å². The van der Waals surface area contributed by atoms with Crippen LogP contribution in [0.25, 0.3) is 6.08 Å². The van der Waals surface area contributed by atoms with Crippen LogP contribution in [0.15, 0.2) is 53.2 Å². The van der Waals surface area contributed by atoms with Crippen molar-refractivity contribution >= 4 is 28.5 Å². The smallest absolute Gasteiger partial charge is 0.248 e. The van der Waals surface area contributed by atoms with Gasteiger partial charge in [0.15, 0.2) is 0 Å². The fourth-order valence-electron chi connectivity index (χ4n) is 1.90. The molecule has 5 nitrogen and oxygen atoms in total. The molecule has 1 heterocycles. The fourth-order valence-corrected chi connectivity index (χ4v) is 2.95. The van der Waals surface area contributed by atoms with Gasteiger partial charge in [0.05, 0.1) is 12.9 Å². The molecule has 0 saturated heterocycles. The van der Waals surface area contributed by atoms with Crippen LogP contribution in [0.1, 0.15) is 11.3 Å². The molecule has 1 aromatic heterocycles. The highest BCUT2D eigenvalue weighted by Gasteiger charge is 2.04. The number of benzene rings is 1. The number of methoxy groups -OCH3 is 1. The Bertz CT molecular complexity index is 680. The average molecular weight is 333 g/mol. The number of amides is 1. The van der Waals surface area contributed by atoms with Crippen LogP contribution in [0.5, 0.6) is 0 Å². The molecule has 2 aromatic rings. The van der Waals surface area contributed by atoms with E-state index >= 15 is 0 Å². The lowest BCUT2D eigenvalue weighted by Crippen LogP contribution is -2.09. The van der Waals surface area contributed by atoms with E-state index in [0.717, 1.165) is 5.56 Å². The van der Waals surface area contributed by atoms with E-state index < -0.39 is 10.8 Å². The normalized spacial score (nSPS) is 12.4. The monoisotopic (exact) mass is 333 g/mol. The summed E-state index contributed by atoms with van der Waals surface area (Å²) in [6.07, 6.45) is 4.55. The van der Waals surface area contributed by atoms with Gasteiger partial charge in [0, 0.05) is 41.2 Å². The second kappa shape index (κ2) is 9.07. The molecule has 0 spiro atoms. The van der Waals surface area contributed by atoms with E-state index in [1.807, 2.05) is 18.2 Å². The SMILES string of the molecule is COCCS(=O)Cc1cccc(NC(=O)C=Cc2ccco2)c1. The van der Waals surface area contributed by atoms with Crippen LogP contribution in [-0.4, -0.2) is 29.6 Å². The van der Waals surface area contributed by atoms with Crippen LogP contribution in [0.4, 0.5) is 5.69 Å². The third-order valence-corrected chi connectivity index (χ3v) is 4.26. The van der Waals surface area contributed by atoms with E-state index in [1.54, 1.807) is 37.6 Å². The quantitative estimate of drug-likeness (QED) is 0.754.